The SMILES string of the molecule is CC(C)[C@H](C(=O)NC[C@@H]1CCCO1)N(Cc1ccco1)C(=O)CNS(=O)(=O)c1ccccc1. The molecule has 1 aromatic heterocycles. The van der Waals surface area contributed by atoms with E-state index in [-0.39, 0.29) is 29.4 Å². The summed E-state index contributed by atoms with van der Waals surface area (Å²) in [7, 11) is -3.88. The van der Waals surface area contributed by atoms with E-state index in [1.54, 1.807) is 30.3 Å². The molecule has 3 rings (SSSR count). The van der Waals surface area contributed by atoms with Crippen molar-refractivity contribution < 1.29 is 27.2 Å². The van der Waals surface area contributed by atoms with Crippen molar-refractivity contribution in [3.05, 3.63) is 54.5 Å². The smallest absolute Gasteiger partial charge is 0.243 e. The first kappa shape index (κ1) is 24.9. The van der Waals surface area contributed by atoms with E-state index in [9.17, 15) is 18.0 Å². The molecule has 2 aromatic rings. The summed E-state index contributed by atoms with van der Waals surface area (Å²) >= 11 is 0. The summed E-state index contributed by atoms with van der Waals surface area (Å²) in [4.78, 5) is 27.7. The third kappa shape index (κ3) is 6.89. The van der Waals surface area contributed by atoms with Crippen LogP contribution in [0.2, 0.25) is 0 Å². The Labute approximate surface area is 194 Å². The highest BCUT2D eigenvalue weighted by Gasteiger charge is 2.34. The van der Waals surface area contributed by atoms with Gasteiger partial charge < -0.3 is 19.4 Å². The summed E-state index contributed by atoms with van der Waals surface area (Å²) in [5.74, 6) is -0.575. The molecule has 180 valence electrons. The summed E-state index contributed by atoms with van der Waals surface area (Å²) in [5.41, 5.74) is 0. The standard InChI is InChI=1S/C23H31N3O6S/c1-17(2)22(23(28)24-14-18-8-6-12-31-18)26(16-19-9-7-13-32-19)21(27)15-25-33(29,30)20-10-4-3-5-11-20/h3-5,7,9-11,13,17-18,22,25H,6,8,12,14-16H2,1-2H3,(H,24,28)/t18-,22+/m0/s1. The lowest BCUT2D eigenvalue weighted by Crippen LogP contribution is -2.54. The van der Waals surface area contributed by atoms with Crippen molar-refractivity contribution in [1.82, 2.24) is 14.9 Å². The zero-order valence-corrected chi connectivity index (χ0v) is 19.7. The molecule has 1 aromatic carbocycles. The Kier molecular flexibility index (Phi) is 8.65. The predicted octanol–water partition coefficient (Wildman–Crippen LogP) is 1.91. The first-order valence-electron chi connectivity index (χ1n) is 11.0. The molecule has 0 radical (unpaired) electrons. The Bertz CT molecular complexity index is 1000. The molecule has 1 saturated heterocycles. The molecule has 9 nitrogen and oxygen atoms in total. The number of sulfonamides is 1. The Morgan fingerprint density at radius 1 is 1.15 bits per heavy atom. The fraction of sp³-hybridized carbons (Fsp3) is 0.478. The van der Waals surface area contributed by atoms with Gasteiger partial charge in [0, 0.05) is 13.2 Å². The van der Waals surface area contributed by atoms with Gasteiger partial charge in [-0.05, 0) is 43.0 Å². The number of rotatable bonds is 11. The number of furan rings is 1. The second-order valence-corrected chi connectivity index (χ2v) is 10.1. The monoisotopic (exact) mass is 477 g/mol. The average Bonchev–Trinajstić information content (AvgIpc) is 3.50. The molecule has 1 aliphatic heterocycles. The van der Waals surface area contributed by atoms with Crippen LogP contribution < -0.4 is 10.0 Å². The minimum Gasteiger partial charge on any atom is -0.467 e. The van der Waals surface area contributed by atoms with Gasteiger partial charge in [-0.25, -0.2) is 13.1 Å². The molecule has 2 amide bonds. The molecule has 0 unspecified atom stereocenters. The first-order valence-corrected chi connectivity index (χ1v) is 12.5. The molecule has 1 aliphatic rings. The topological polar surface area (TPSA) is 118 Å². The second kappa shape index (κ2) is 11.4. The number of nitrogens with zero attached hydrogens (tertiary/aromatic N) is 1. The molecule has 0 aliphatic carbocycles. The molecule has 0 spiro atoms. The molecule has 1 fully saturated rings. The van der Waals surface area contributed by atoms with E-state index in [2.05, 4.69) is 10.0 Å². The number of hydrogen-bond acceptors (Lipinski definition) is 6. The van der Waals surface area contributed by atoms with Gasteiger partial charge in [0.25, 0.3) is 0 Å². The number of benzene rings is 1. The van der Waals surface area contributed by atoms with Gasteiger partial charge in [-0.1, -0.05) is 32.0 Å². The Hall–Kier alpha value is -2.69. The number of carbonyl (C=O) groups excluding carboxylic acids is 2. The van der Waals surface area contributed by atoms with Crippen LogP contribution in [0.3, 0.4) is 0 Å². The molecule has 0 saturated carbocycles. The average molecular weight is 478 g/mol. The van der Waals surface area contributed by atoms with Crippen LogP contribution in [0.25, 0.3) is 0 Å². The van der Waals surface area contributed by atoms with Crippen LogP contribution in [0.1, 0.15) is 32.4 Å². The zero-order chi connectivity index (χ0) is 23.8. The number of ether oxygens (including phenoxy) is 1. The lowest BCUT2D eigenvalue weighted by molar-refractivity contribution is -0.142. The highest BCUT2D eigenvalue weighted by atomic mass is 32.2. The Morgan fingerprint density at radius 3 is 2.52 bits per heavy atom. The van der Waals surface area contributed by atoms with Crippen LogP contribution in [-0.2, 0) is 30.9 Å². The Balaban J connectivity index is 1.74. The highest BCUT2D eigenvalue weighted by Crippen LogP contribution is 2.18. The van der Waals surface area contributed by atoms with Gasteiger partial charge in [0.1, 0.15) is 11.8 Å². The van der Waals surface area contributed by atoms with Crippen molar-refractivity contribution in [3.8, 4) is 0 Å². The second-order valence-electron chi connectivity index (χ2n) is 8.31. The van der Waals surface area contributed by atoms with Crippen molar-refractivity contribution in [2.75, 3.05) is 19.7 Å². The van der Waals surface area contributed by atoms with Gasteiger partial charge in [-0.3, -0.25) is 9.59 Å². The maximum absolute atomic E-state index is 13.2. The fourth-order valence-corrected chi connectivity index (χ4v) is 4.78. The normalized spacial score (nSPS) is 17.1. The maximum Gasteiger partial charge on any atom is 0.243 e. The molecule has 33 heavy (non-hydrogen) atoms. The molecule has 2 heterocycles. The van der Waals surface area contributed by atoms with E-state index in [1.807, 2.05) is 13.8 Å². The van der Waals surface area contributed by atoms with Crippen molar-refractivity contribution in [1.29, 1.82) is 0 Å². The van der Waals surface area contributed by atoms with E-state index in [1.165, 1.54) is 23.3 Å². The predicted molar refractivity (Wildman–Crippen MR) is 121 cm³/mol. The van der Waals surface area contributed by atoms with Crippen LogP contribution in [0.15, 0.2) is 58.0 Å². The van der Waals surface area contributed by atoms with E-state index in [0.717, 1.165) is 12.8 Å². The first-order chi connectivity index (χ1) is 15.8. The summed E-state index contributed by atoms with van der Waals surface area (Å²) in [6.45, 7) is 4.28. The quantitative estimate of drug-likeness (QED) is 0.510. The lowest BCUT2D eigenvalue weighted by atomic mass is 10.0. The van der Waals surface area contributed by atoms with Crippen LogP contribution in [0.4, 0.5) is 0 Å². The number of carbonyl (C=O) groups is 2. The number of hydrogen-bond donors (Lipinski definition) is 2. The van der Waals surface area contributed by atoms with Crippen molar-refractivity contribution in [2.24, 2.45) is 5.92 Å². The van der Waals surface area contributed by atoms with Crippen LogP contribution >= 0.6 is 0 Å². The van der Waals surface area contributed by atoms with Crippen molar-refractivity contribution >= 4 is 21.8 Å². The highest BCUT2D eigenvalue weighted by molar-refractivity contribution is 7.89. The minimum absolute atomic E-state index is 0.0336. The van der Waals surface area contributed by atoms with Gasteiger partial charge >= 0.3 is 0 Å². The fourth-order valence-electron chi connectivity index (χ4n) is 3.78. The molecule has 0 bridgehead atoms. The molecule has 10 heteroatoms. The zero-order valence-electron chi connectivity index (χ0n) is 18.9. The van der Waals surface area contributed by atoms with E-state index in [4.69, 9.17) is 9.15 Å². The summed E-state index contributed by atoms with van der Waals surface area (Å²) < 4.78 is 38.4. The lowest BCUT2D eigenvalue weighted by Gasteiger charge is -2.33. The summed E-state index contributed by atoms with van der Waals surface area (Å²) in [6, 6.07) is 10.4. The largest absolute Gasteiger partial charge is 0.467 e. The molecular weight excluding hydrogens is 446 g/mol. The maximum atomic E-state index is 13.2. The third-order valence-electron chi connectivity index (χ3n) is 5.46. The Morgan fingerprint density at radius 2 is 1.91 bits per heavy atom. The van der Waals surface area contributed by atoms with Crippen molar-refractivity contribution in [3.63, 3.8) is 0 Å². The van der Waals surface area contributed by atoms with Gasteiger partial charge in [0.15, 0.2) is 0 Å². The van der Waals surface area contributed by atoms with E-state index in [0.29, 0.717) is 18.9 Å². The number of nitrogens with one attached hydrogen (secondary N) is 2. The van der Waals surface area contributed by atoms with Gasteiger partial charge in [0.2, 0.25) is 21.8 Å². The minimum atomic E-state index is -3.88. The third-order valence-corrected chi connectivity index (χ3v) is 6.87. The van der Waals surface area contributed by atoms with Gasteiger partial charge in [-0.15, -0.1) is 0 Å². The number of amides is 2. The molecule has 2 N–H and O–H groups in total. The van der Waals surface area contributed by atoms with Crippen LogP contribution in [-0.4, -0.2) is 57.0 Å². The van der Waals surface area contributed by atoms with Gasteiger partial charge in [0.05, 0.1) is 30.4 Å². The van der Waals surface area contributed by atoms with Gasteiger partial charge in [-0.2, -0.15) is 0 Å². The van der Waals surface area contributed by atoms with Crippen molar-refractivity contribution in [2.45, 2.75) is 50.3 Å². The van der Waals surface area contributed by atoms with Crippen LogP contribution in [0.5, 0.6) is 0 Å². The van der Waals surface area contributed by atoms with E-state index < -0.39 is 28.5 Å². The molecule has 2 atom stereocenters. The van der Waals surface area contributed by atoms with Crippen LogP contribution in [0, 0.1) is 5.92 Å². The summed E-state index contributed by atoms with van der Waals surface area (Å²) in [5, 5.41) is 2.89. The molecular formula is C23H31N3O6S. The van der Waals surface area contributed by atoms with E-state index >= 15 is 0 Å². The summed E-state index contributed by atoms with van der Waals surface area (Å²) in [6.07, 6.45) is 3.29.